The lowest BCUT2D eigenvalue weighted by Gasteiger charge is -2.25. The molecule has 1 atom stereocenters. The number of hydrogen-bond acceptors (Lipinski definition) is 4. The van der Waals surface area contributed by atoms with Crippen molar-refractivity contribution < 1.29 is 9.84 Å². The minimum absolute atomic E-state index is 0.523. The molecule has 0 bridgehead atoms. The van der Waals surface area contributed by atoms with E-state index in [-0.39, 0.29) is 0 Å². The first-order valence-electron chi connectivity index (χ1n) is 6.66. The molecule has 110 valence electrons. The Bertz CT molecular complexity index is 380. The molecule has 1 aromatic rings. The van der Waals surface area contributed by atoms with Crippen LogP contribution in [0, 0.1) is 0 Å². The Labute approximate surface area is 119 Å². The van der Waals surface area contributed by atoms with E-state index in [4.69, 9.17) is 16.3 Å². The van der Waals surface area contributed by atoms with Crippen LogP contribution in [0.5, 0.6) is 0 Å². The first kappa shape index (κ1) is 16.4. The van der Waals surface area contributed by atoms with Gasteiger partial charge in [-0.1, -0.05) is 18.5 Å². The molecule has 0 aliphatic carbocycles. The number of rotatable bonds is 9. The summed E-state index contributed by atoms with van der Waals surface area (Å²) in [6.07, 6.45) is 3.12. The molecule has 0 amide bonds. The maximum atomic E-state index is 10.6. The van der Waals surface area contributed by atoms with Crippen molar-refractivity contribution in [3.8, 4) is 0 Å². The van der Waals surface area contributed by atoms with Crippen molar-refractivity contribution in [2.45, 2.75) is 38.8 Å². The predicted molar refractivity (Wildman–Crippen MR) is 76.5 cm³/mol. The highest BCUT2D eigenvalue weighted by Crippen LogP contribution is 2.30. The highest BCUT2D eigenvalue weighted by Gasteiger charge is 2.29. The number of hydrogen-bond donors (Lipinski definition) is 2. The van der Waals surface area contributed by atoms with Crippen LogP contribution in [0.25, 0.3) is 0 Å². The summed E-state index contributed by atoms with van der Waals surface area (Å²) in [6, 6.07) is 0. The van der Waals surface area contributed by atoms with E-state index in [1.807, 2.05) is 0 Å². The monoisotopic (exact) mass is 289 g/mol. The van der Waals surface area contributed by atoms with Gasteiger partial charge < -0.3 is 15.2 Å². The van der Waals surface area contributed by atoms with Crippen molar-refractivity contribution in [2.24, 2.45) is 0 Å². The van der Waals surface area contributed by atoms with Crippen molar-refractivity contribution in [1.82, 2.24) is 15.1 Å². The average molecular weight is 290 g/mol. The summed E-state index contributed by atoms with van der Waals surface area (Å²) in [5.74, 6) is 0. The molecule has 5 nitrogen and oxygen atoms in total. The molecular formula is C13H24ClN3O2. The summed E-state index contributed by atoms with van der Waals surface area (Å²) >= 11 is 6.14. The van der Waals surface area contributed by atoms with Gasteiger partial charge in [0.05, 0.1) is 23.5 Å². The maximum absolute atomic E-state index is 10.6. The molecule has 0 aliphatic heterocycles. The summed E-state index contributed by atoms with van der Waals surface area (Å²) in [7, 11) is 1.67. The molecule has 19 heavy (non-hydrogen) atoms. The van der Waals surface area contributed by atoms with Crippen LogP contribution in [-0.2, 0) is 16.9 Å². The van der Waals surface area contributed by atoms with E-state index in [0.29, 0.717) is 30.3 Å². The van der Waals surface area contributed by atoms with Crippen LogP contribution in [0.1, 0.15) is 32.4 Å². The molecule has 0 radical (unpaired) electrons. The maximum Gasteiger partial charge on any atom is 0.106 e. The topological polar surface area (TPSA) is 59.3 Å². The zero-order valence-electron chi connectivity index (χ0n) is 11.9. The summed E-state index contributed by atoms with van der Waals surface area (Å²) in [6.45, 7) is 6.74. The van der Waals surface area contributed by atoms with E-state index < -0.39 is 5.60 Å². The van der Waals surface area contributed by atoms with Crippen molar-refractivity contribution >= 4 is 11.6 Å². The third-order valence-corrected chi connectivity index (χ3v) is 3.29. The molecule has 0 spiro atoms. The first-order chi connectivity index (χ1) is 9.03. The zero-order chi connectivity index (χ0) is 14.3. The number of halogens is 1. The SMILES string of the molecule is CCCn1ncc(Cl)c1C(C)(O)CCNCCOC. The Morgan fingerprint density at radius 2 is 2.26 bits per heavy atom. The molecule has 2 N–H and O–H groups in total. The zero-order valence-corrected chi connectivity index (χ0v) is 12.7. The number of ether oxygens (including phenoxy) is 1. The number of nitrogens with zero attached hydrogens (tertiary/aromatic N) is 2. The third kappa shape index (κ3) is 4.76. The molecule has 1 unspecified atom stereocenters. The molecule has 0 aliphatic rings. The number of aryl methyl sites for hydroxylation is 1. The molecule has 0 aromatic carbocycles. The lowest BCUT2D eigenvalue weighted by atomic mass is 9.98. The number of aromatic nitrogens is 2. The van der Waals surface area contributed by atoms with Gasteiger partial charge in [-0.05, 0) is 26.3 Å². The normalized spacial score (nSPS) is 14.6. The van der Waals surface area contributed by atoms with Gasteiger partial charge in [-0.15, -0.1) is 0 Å². The Balaban J connectivity index is 2.62. The van der Waals surface area contributed by atoms with Gasteiger partial charge in [0.2, 0.25) is 0 Å². The molecular weight excluding hydrogens is 266 g/mol. The molecule has 0 saturated heterocycles. The van der Waals surface area contributed by atoms with Crippen LogP contribution >= 0.6 is 11.6 Å². The fraction of sp³-hybridized carbons (Fsp3) is 0.769. The van der Waals surface area contributed by atoms with Crippen LogP contribution in [0.2, 0.25) is 5.02 Å². The summed E-state index contributed by atoms with van der Waals surface area (Å²) in [5.41, 5.74) is -0.285. The fourth-order valence-corrected chi connectivity index (χ4v) is 2.37. The first-order valence-corrected chi connectivity index (χ1v) is 7.04. The van der Waals surface area contributed by atoms with Crippen LogP contribution in [0.4, 0.5) is 0 Å². The molecule has 6 heteroatoms. The minimum atomic E-state index is -0.983. The van der Waals surface area contributed by atoms with Gasteiger partial charge in [-0.25, -0.2) is 0 Å². The van der Waals surface area contributed by atoms with E-state index >= 15 is 0 Å². The van der Waals surface area contributed by atoms with E-state index in [0.717, 1.165) is 19.5 Å². The van der Waals surface area contributed by atoms with Gasteiger partial charge in [-0.2, -0.15) is 5.10 Å². The molecule has 1 heterocycles. The number of methoxy groups -OCH3 is 1. The lowest BCUT2D eigenvalue weighted by Crippen LogP contribution is -2.31. The Kier molecular flexibility index (Phi) is 6.79. The van der Waals surface area contributed by atoms with Gasteiger partial charge in [0.15, 0.2) is 0 Å². The number of aliphatic hydroxyl groups is 1. The Morgan fingerprint density at radius 3 is 2.89 bits per heavy atom. The van der Waals surface area contributed by atoms with E-state index in [1.165, 1.54) is 0 Å². The summed E-state index contributed by atoms with van der Waals surface area (Å²) < 4.78 is 6.75. The summed E-state index contributed by atoms with van der Waals surface area (Å²) in [4.78, 5) is 0. The van der Waals surface area contributed by atoms with E-state index in [2.05, 4.69) is 17.3 Å². The second-order valence-electron chi connectivity index (χ2n) is 4.83. The van der Waals surface area contributed by atoms with Crippen LogP contribution in [0.3, 0.4) is 0 Å². The largest absolute Gasteiger partial charge is 0.384 e. The van der Waals surface area contributed by atoms with Gasteiger partial charge in [0.1, 0.15) is 5.60 Å². The van der Waals surface area contributed by atoms with Crippen molar-refractivity contribution in [2.75, 3.05) is 26.8 Å². The molecule has 1 aromatic heterocycles. The molecule has 0 fully saturated rings. The second kappa shape index (κ2) is 7.85. The quantitative estimate of drug-likeness (QED) is 0.681. The Hall–Kier alpha value is -0.620. The van der Waals surface area contributed by atoms with Crippen molar-refractivity contribution in [1.29, 1.82) is 0 Å². The van der Waals surface area contributed by atoms with Gasteiger partial charge in [-0.3, -0.25) is 4.68 Å². The molecule has 0 saturated carbocycles. The highest BCUT2D eigenvalue weighted by atomic mass is 35.5. The average Bonchev–Trinajstić information content (AvgIpc) is 2.71. The predicted octanol–water partition coefficient (Wildman–Crippen LogP) is 1.78. The fourth-order valence-electron chi connectivity index (χ4n) is 2.03. The van der Waals surface area contributed by atoms with Crippen LogP contribution < -0.4 is 5.32 Å². The Morgan fingerprint density at radius 1 is 1.53 bits per heavy atom. The summed E-state index contributed by atoms with van der Waals surface area (Å²) in [5, 5.41) is 18.6. The van der Waals surface area contributed by atoms with Crippen molar-refractivity contribution in [3.63, 3.8) is 0 Å². The third-order valence-electron chi connectivity index (χ3n) is 3.01. The van der Waals surface area contributed by atoms with Gasteiger partial charge in [0, 0.05) is 20.2 Å². The van der Waals surface area contributed by atoms with Crippen molar-refractivity contribution in [3.05, 3.63) is 16.9 Å². The lowest BCUT2D eigenvalue weighted by molar-refractivity contribution is 0.0381. The van der Waals surface area contributed by atoms with Crippen LogP contribution in [-0.4, -0.2) is 41.7 Å². The van der Waals surface area contributed by atoms with E-state index in [1.54, 1.807) is 24.9 Å². The second-order valence-corrected chi connectivity index (χ2v) is 5.24. The minimum Gasteiger partial charge on any atom is -0.384 e. The van der Waals surface area contributed by atoms with Gasteiger partial charge >= 0.3 is 0 Å². The highest BCUT2D eigenvalue weighted by molar-refractivity contribution is 6.31. The number of nitrogens with one attached hydrogen (secondary N) is 1. The smallest absolute Gasteiger partial charge is 0.106 e. The van der Waals surface area contributed by atoms with Gasteiger partial charge in [0.25, 0.3) is 0 Å². The molecule has 1 rings (SSSR count). The standard InChI is InChI=1S/C13H24ClN3O2/c1-4-8-17-12(11(14)10-16-17)13(2,18)5-6-15-7-9-19-3/h10,15,18H,4-9H2,1-3H3. The van der Waals surface area contributed by atoms with Crippen LogP contribution in [0.15, 0.2) is 6.20 Å². The van der Waals surface area contributed by atoms with E-state index in [9.17, 15) is 5.11 Å².